The SMILES string of the molecule is CCCC/C=C/CC1C(O)CC(C)C1CCC1(COc2cccc(Cl)c2)OCCO1. The van der Waals surface area contributed by atoms with Crippen molar-refractivity contribution in [2.24, 2.45) is 17.8 Å². The third kappa shape index (κ3) is 6.46. The highest BCUT2D eigenvalue weighted by molar-refractivity contribution is 6.30. The van der Waals surface area contributed by atoms with Gasteiger partial charge in [0.15, 0.2) is 0 Å². The second-order valence-electron chi connectivity index (χ2n) is 8.85. The maximum Gasteiger partial charge on any atom is 0.203 e. The third-order valence-electron chi connectivity index (χ3n) is 6.61. The Morgan fingerprint density at radius 2 is 2.03 bits per heavy atom. The van der Waals surface area contributed by atoms with E-state index in [0.717, 1.165) is 37.9 Å². The van der Waals surface area contributed by atoms with E-state index in [2.05, 4.69) is 26.0 Å². The predicted molar refractivity (Wildman–Crippen MR) is 121 cm³/mol. The Bertz CT molecular complexity index is 671. The number of hydrogen-bond donors (Lipinski definition) is 1. The van der Waals surface area contributed by atoms with Gasteiger partial charge in [0.1, 0.15) is 12.4 Å². The second-order valence-corrected chi connectivity index (χ2v) is 9.29. The van der Waals surface area contributed by atoms with Crippen molar-refractivity contribution in [3.05, 3.63) is 41.4 Å². The summed E-state index contributed by atoms with van der Waals surface area (Å²) in [6, 6.07) is 7.41. The zero-order valence-electron chi connectivity index (χ0n) is 18.4. The number of aliphatic hydroxyl groups is 1. The van der Waals surface area contributed by atoms with Gasteiger partial charge in [-0.3, -0.25) is 0 Å². The van der Waals surface area contributed by atoms with Crippen LogP contribution in [0.2, 0.25) is 5.02 Å². The van der Waals surface area contributed by atoms with Crippen LogP contribution in [-0.2, 0) is 9.47 Å². The van der Waals surface area contributed by atoms with Crippen molar-refractivity contribution in [2.75, 3.05) is 19.8 Å². The van der Waals surface area contributed by atoms with Crippen LogP contribution in [0.15, 0.2) is 36.4 Å². The largest absolute Gasteiger partial charge is 0.488 e. The molecule has 1 aromatic carbocycles. The van der Waals surface area contributed by atoms with E-state index in [1.54, 1.807) is 6.07 Å². The van der Waals surface area contributed by atoms with Gasteiger partial charge in [0.05, 0.1) is 19.3 Å². The van der Waals surface area contributed by atoms with Gasteiger partial charge in [0, 0.05) is 11.4 Å². The van der Waals surface area contributed by atoms with E-state index in [1.807, 2.05) is 18.2 Å². The lowest BCUT2D eigenvalue weighted by Crippen LogP contribution is -2.38. The summed E-state index contributed by atoms with van der Waals surface area (Å²) < 4.78 is 18.0. The smallest absolute Gasteiger partial charge is 0.203 e. The van der Waals surface area contributed by atoms with Gasteiger partial charge in [-0.1, -0.05) is 56.5 Å². The van der Waals surface area contributed by atoms with Crippen LogP contribution in [0.1, 0.15) is 58.8 Å². The normalized spacial score (nSPS) is 28.4. The van der Waals surface area contributed by atoms with Gasteiger partial charge < -0.3 is 19.3 Å². The number of benzene rings is 1. The first-order valence-corrected chi connectivity index (χ1v) is 11.9. The highest BCUT2D eigenvalue weighted by Crippen LogP contribution is 2.43. The summed E-state index contributed by atoms with van der Waals surface area (Å²) in [6.45, 7) is 6.00. The summed E-state index contributed by atoms with van der Waals surface area (Å²) in [5, 5.41) is 11.3. The van der Waals surface area contributed by atoms with Gasteiger partial charge in [0.25, 0.3) is 0 Å². The molecule has 4 atom stereocenters. The Hall–Kier alpha value is -1.07. The molecule has 0 bridgehead atoms. The molecule has 0 spiro atoms. The third-order valence-corrected chi connectivity index (χ3v) is 6.85. The fourth-order valence-corrected chi connectivity index (χ4v) is 5.08. The number of rotatable bonds is 11. The Labute approximate surface area is 186 Å². The molecule has 4 unspecified atom stereocenters. The van der Waals surface area contributed by atoms with E-state index >= 15 is 0 Å². The average Bonchev–Trinajstić information content (AvgIpc) is 3.29. The highest BCUT2D eigenvalue weighted by atomic mass is 35.5. The maximum absolute atomic E-state index is 10.6. The van der Waals surface area contributed by atoms with Gasteiger partial charge in [-0.15, -0.1) is 0 Å². The molecule has 0 radical (unpaired) electrons. The quantitative estimate of drug-likeness (QED) is 0.340. The lowest BCUT2D eigenvalue weighted by atomic mass is 9.83. The van der Waals surface area contributed by atoms with Crippen molar-refractivity contribution in [2.45, 2.75) is 70.7 Å². The fraction of sp³-hybridized carbons (Fsp3) is 0.680. The molecule has 1 N–H and O–H groups in total. The summed E-state index contributed by atoms with van der Waals surface area (Å²) in [7, 11) is 0. The Balaban J connectivity index is 1.57. The summed E-state index contributed by atoms with van der Waals surface area (Å²) >= 11 is 6.07. The van der Waals surface area contributed by atoms with Gasteiger partial charge in [-0.05, 0) is 61.6 Å². The first kappa shape index (κ1) is 23.6. The van der Waals surface area contributed by atoms with Crippen molar-refractivity contribution in [1.29, 1.82) is 0 Å². The van der Waals surface area contributed by atoms with Gasteiger partial charge >= 0.3 is 0 Å². The number of hydrogen-bond acceptors (Lipinski definition) is 4. The Kier molecular flexibility index (Phi) is 9.06. The van der Waals surface area contributed by atoms with Crippen molar-refractivity contribution in [1.82, 2.24) is 0 Å². The van der Waals surface area contributed by atoms with Crippen LogP contribution in [-0.4, -0.2) is 36.8 Å². The lowest BCUT2D eigenvalue weighted by Gasteiger charge is -2.31. The molecule has 4 nitrogen and oxygen atoms in total. The summed E-state index contributed by atoms with van der Waals surface area (Å²) in [5.41, 5.74) is 0. The van der Waals surface area contributed by atoms with Crippen LogP contribution < -0.4 is 4.74 Å². The molecular weight excluding hydrogens is 400 g/mol. The van der Waals surface area contributed by atoms with Gasteiger partial charge in [-0.25, -0.2) is 0 Å². The van der Waals surface area contributed by atoms with Crippen LogP contribution in [0.4, 0.5) is 0 Å². The first-order valence-electron chi connectivity index (χ1n) is 11.5. The number of aliphatic hydroxyl groups excluding tert-OH is 1. The van der Waals surface area contributed by atoms with E-state index in [1.165, 1.54) is 12.8 Å². The van der Waals surface area contributed by atoms with E-state index in [4.69, 9.17) is 25.8 Å². The van der Waals surface area contributed by atoms with E-state index < -0.39 is 5.79 Å². The van der Waals surface area contributed by atoms with Crippen LogP contribution >= 0.6 is 11.6 Å². The van der Waals surface area contributed by atoms with Gasteiger partial charge in [-0.2, -0.15) is 0 Å². The molecule has 1 heterocycles. The molecule has 1 aliphatic carbocycles. The van der Waals surface area contributed by atoms with Crippen LogP contribution in [0.25, 0.3) is 0 Å². The standard InChI is InChI=1S/C25H37ClO4/c1-3-4-5-6-7-11-23-22(19(2)16-24(23)27)12-13-25(29-14-15-30-25)18-28-21-10-8-9-20(26)17-21/h6-10,17,19,22-24,27H,3-5,11-16,18H2,1-2H3/b7-6+. The van der Waals surface area contributed by atoms with Crippen LogP contribution in [0.3, 0.4) is 0 Å². The number of allylic oxidation sites excluding steroid dienone is 2. The summed E-state index contributed by atoms with van der Waals surface area (Å²) in [5.74, 6) is 1.29. The molecule has 1 saturated heterocycles. The lowest BCUT2D eigenvalue weighted by molar-refractivity contribution is -0.184. The zero-order chi connectivity index (χ0) is 21.4. The predicted octanol–water partition coefficient (Wildman–Crippen LogP) is 6.01. The molecule has 1 aliphatic heterocycles. The molecule has 1 aromatic rings. The fourth-order valence-electron chi connectivity index (χ4n) is 4.89. The molecule has 30 heavy (non-hydrogen) atoms. The number of halogens is 1. The van der Waals surface area contributed by atoms with Crippen molar-refractivity contribution in [3.63, 3.8) is 0 Å². The molecular formula is C25H37ClO4. The number of ether oxygens (including phenoxy) is 3. The van der Waals surface area contributed by atoms with E-state index in [-0.39, 0.29) is 6.10 Å². The van der Waals surface area contributed by atoms with Gasteiger partial charge in [0.2, 0.25) is 5.79 Å². The zero-order valence-corrected chi connectivity index (χ0v) is 19.2. The molecule has 0 aromatic heterocycles. The molecule has 2 fully saturated rings. The molecule has 1 saturated carbocycles. The Morgan fingerprint density at radius 3 is 2.77 bits per heavy atom. The van der Waals surface area contributed by atoms with E-state index in [9.17, 15) is 5.11 Å². The first-order chi connectivity index (χ1) is 14.5. The summed E-state index contributed by atoms with van der Waals surface area (Å²) in [6.07, 6.45) is 11.5. The molecule has 2 aliphatic rings. The topological polar surface area (TPSA) is 47.9 Å². The minimum atomic E-state index is -0.711. The molecule has 5 heteroatoms. The van der Waals surface area contributed by atoms with Crippen molar-refractivity contribution < 1.29 is 19.3 Å². The van der Waals surface area contributed by atoms with Crippen LogP contribution in [0, 0.1) is 17.8 Å². The monoisotopic (exact) mass is 436 g/mol. The number of unbranched alkanes of at least 4 members (excludes halogenated alkanes) is 2. The van der Waals surface area contributed by atoms with Crippen molar-refractivity contribution >= 4 is 11.6 Å². The minimum absolute atomic E-state index is 0.218. The molecule has 3 rings (SSSR count). The second kappa shape index (κ2) is 11.5. The van der Waals surface area contributed by atoms with E-state index in [0.29, 0.717) is 42.6 Å². The van der Waals surface area contributed by atoms with Crippen molar-refractivity contribution in [3.8, 4) is 5.75 Å². The molecule has 168 valence electrons. The highest BCUT2D eigenvalue weighted by Gasteiger charge is 2.43. The Morgan fingerprint density at radius 1 is 1.23 bits per heavy atom. The molecule has 0 amide bonds. The minimum Gasteiger partial charge on any atom is -0.488 e. The summed E-state index contributed by atoms with van der Waals surface area (Å²) in [4.78, 5) is 0. The maximum atomic E-state index is 10.6. The van der Waals surface area contributed by atoms with Crippen LogP contribution in [0.5, 0.6) is 5.75 Å². The average molecular weight is 437 g/mol.